The molecule has 0 radical (unpaired) electrons. The van der Waals surface area contributed by atoms with Crippen LogP contribution in [0.5, 0.6) is 0 Å². The summed E-state index contributed by atoms with van der Waals surface area (Å²) in [7, 11) is 0. The Morgan fingerprint density at radius 2 is 2.00 bits per heavy atom. The monoisotopic (exact) mass is 331 g/mol. The minimum Gasteiger partial charge on any atom is -0.480 e. The van der Waals surface area contributed by atoms with Gasteiger partial charge in [-0.05, 0) is 36.9 Å². The van der Waals surface area contributed by atoms with Crippen LogP contribution < -0.4 is 10.6 Å². The average molecular weight is 331 g/mol. The first kappa shape index (κ1) is 16.9. The Balaban J connectivity index is 1.47. The topological polar surface area (TPSA) is 81.7 Å². The molecular weight excluding hydrogens is 306 g/mol. The number of hydrogen-bond acceptors (Lipinski definition) is 4. The summed E-state index contributed by atoms with van der Waals surface area (Å²) >= 11 is 0. The standard InChI is InChI=1S/C18H25N3O3/c1-2-21(11-17(22)23)15-8-14(9-15)20-18(24)16-7-12-5-3-4-6-13(12)10-19-16/h3-6,14-16,19H,2,7-11H2,1H3,(H,20,24)(H,22,23). The van der Waals surface area contributed by atoms with Crippen LogP contribution in [0.1, 0.15) is 30.9 Å². The van der Waals surface area contributed by atoms with Crippen LogP contribution in [0.15, 0.2) is 24.3 Å². The van der Waals surface area contributed by atoms with E-state index in [2.05, 4.69) is 22.8 Å². The largest absolute Gasteiger partial charge is 0.480 e. The van der Waals surface area contributed by atoms with Crippen molar-refractivity contribution < 1.29 is 14.7 Å². The molecule has 1 atom stereocenters. The fourth-order valence-electron chi connectivity index (χ4n) is 3.62. The van der Waals surface area contributed by atoms with Crippen LogP contribution in [0.2, 0.25) is 0 Å². The zero-order valence-corrected chi connectivity index (χ0v) is 14.0. The summed E-state index contributed by atoms with van der Waals surface area (Å²) in [5.41, 5.74) is 2.50. The van der Waals surface area contributed by atoms with Crippen molar-refractivity contribution in [3.8, 4) is 0 Å². The predicted molar refractivity (Wildman–Crippen MR) is 90.6 cm³/mol. The highest BCUT2D eigenvalue weighted by Crippen LogP contribution is 2.26. The zero-order chi connectivity index (χ0) is 17.1. The molecule has 1 aromatic carbocycles. The highest BCUT2D eigenvalue weighted by atomic mass is 16.4. The number of carboxylic acid groups (broad SMARTS) is 1. The van der Waals surface area contributed by atoms with Crippen molar-refractivity contribution in [1.82, 2.24) is 15.5 Å². The summed E-state index contributed by atoms with van der Waals surface area (Å²) in [6.07, 6.45) is 2.38. The third-order valence-electron chi connectivity index (χ3n) is 5.12. The second-order valence-corrected chi connectivity index (χ2v) is 6.69. The summed E-state index contributed by atoms with van der Waals surface area (Å²) < 4.78 is 0. The molecule has 1 heterocycles. The lowest BCUT2D eigenvalue weighted by Gasteiger charge is -2.42. The van der Waals surface area contributed by atoms with E-state index in [4.69, 9.17) is 5.11 Å². The van der Waals surface area contributed by atoms with Crippen LogP contribution in [-0.4, -0.2) is 53.1 Å². The number of carboxylic acids is 1. The van der Waals surface area contributed by atoms with E-state index in [1.165, 1.54) is 11.1 Å². The Morgan fingerprint density at radius 3 is 2.67 bits per heavy atom. The number of hydrogen-bond donors (Lipinski definition) is 3. The second kappa shape index (κ2) is 7.32. The molecule has 1 fully saturated rings. The van der Waals surface area contributed by atoms with Crippen LogP contribution in [-0.2, 0) is 22.6 Å². The number of nitrogens with zero attached hydrogens (tertiary/aromatic N) is 1. The fourth-order valence-corrected chi connectivity index (χ4v) is 3.62. The smallest absolute Gasteiger partial charge is 0.317 e. The summed E-state index contributed by atoms with van der Waals surface area (Å²) in [6, 6.07) is 8.44. The van der Waals surface area contributed by atoms with E-state index in [0.29, 0.717) is 0 Å². The summed E-state index contributed by atoms with van der Waals surface area (Å²) in [6.45, 7) is 3.49. The number of aliphatic carboxylic acids is 1. The Bertz CT molecular complexity index is 613. The van der Waals surface area contributed by atoms with Crippen LogP contribution in [0, 0.1) is 0 Å². The molecule has 1 saturated carbocycles. The number of carbonyl (C=O) groups is 2. The summed E-state index contributed by atoms with van der Waals surface area (Å²) in [5, 5.41) is 15.3. The normalized spacial score (nSPS) is 25.7. The molecule has 1 amide bonds. The molecule has 24 heavy (non-hydrogen) atoms. The number of amides is 1. The number of nitrogens with one attached hydrogen (secondary N) is 2. The Labute approximate surface area is 142 Å². The first-order chi connectivity index (χ1) is 11.6. The molecule has 1 aliphatic carbocycles. The lowest BCUT2D eigenvalue weighted by Crippen LogP contribution is -2.58. The molecule has 3 N–H and O–H groups in total. The van der Waals surface area contributed by atoms with E-state index < -0.39 is 5.97 Å². The van der Waals surface area contributed by atoms with Gasteiger partial charge in [0.15, 0.2) is 0 Å². The van der Waals surface area contributed by atoms with Gasteiger partial charge in [-0.3, -0.25) is 14.5 Å². The van der Waals surface area contributed by atoms with Gasteiger partial charge in [-0.1, -0.05) is 31.2 Å². The number of likely N-dealkylation sites (N-methyl/N-ethyl adjacent to an activating group) is 1. The van der Waals surface area contributed by atoms with E-state index >= 15 is 0 Å². The molecule has 130 valence electrons. The fraction of sp³-hybridized carbons (Fsp3) is 0.556. The maximum atomic E-state index is 12.5. The van der Waals surface area contributed by atoms with Gasteiger partial charge in [0.1, 0.15) is 0 Å². The molecule has 0 saturated heterocycles. The Morgan fingerprint density at radius 1 is 1.29 bits per heavy atom. The molecule has 1 unspecified atom stereocenters. The van der Waals surface area contributed by atoms with Crippen LogP contribution in [0.25, 0.3) is 0 Å². The van der Waals surface area contributed by atoms with Gasteiger partial charge in [0.2, 0.25) is 5.91 Å². The van der Waals surface area contributed by atoms with E-state index in [1.54, 1.807) is 0 Å². The maximum Gasteiger partial charge on any atom is 0.317 e. The highest BCUT2D eigenvalue weighted by Gasteiger charge is 2.36. The number of fused-ring (bicyclic) bond motifs is 1. The predicted octanol–water partition coefficient (Wildman–Crippen LogP) is 0.755. The molecule has 0 aromatic heterocycles. The van der Waals surface area contributed by atoms with Crippen molar-refractivity contribution in [3.05, 3.63) is 35.4 Å². The van der Waals surface area contributed by atoms with Gasteiger partial charge in [-0.2, -0.15) is 0 Å². The van der Waals surface area contributed by atoms with Crippen LogP contribution in [0.3, 0.4) is 0 Å². The van der Waals surface area contributed by atoms with Gasteiger partial charge in [0.25, 0.3) is 0 Å². The van der Waals surface area contributed by atoms with Crippen LogP contribution >= 0.6 is 0 Å². The minimum absolute atomic E-state index is 0.0502. The Kier molecular flexibility index (Phi) is 5.16. The highest BCUT2D eigenvalue weighted by molar-refractivity contribution is 5.82. The van der Waals surface area contributed by atoms with Crippen molar-refractivity contribution in [3.63, 3.8) is 0 Å². The summed E-state index contributed by atoms with van der Waals surface area (Å²) in [5.74, 6) is -0.747. The Hall–Kier alpha value is -1.92. The lowest BCUT2D eigenvalue weighted by molar-refractivity contribution is -0.140. The summed E-state index contributed by atoms with van der Waals surface area (Å²) in [4.78, 5) is 25.3. The molecule has 3 rings (SSSR count). The van der Waals surface area contributed by atoms with Crippen molar-refractivity contribution in [2.75, 3.05) is 13.1 Å². The van der Waals surface area contributed by atoms with Crippen LogP contribution in [0.4, 0.5) is 0 Å². The minimum atomic E-state index is -0.797. The molecule has 1 aromatic rings. The third-order valence-corrected chi connectivity index (χ3v) is 5.12. The van der Waals surface area contributed by atoms with E-state index in [9.17, 15) is 9.59 Å². The van der Waals surface area contributed by atoms with Gasteiger partial charge in [0, 0.05) is 18.6 Å². The first-order valence-electron chi connectivity index (χ1n) is 8.63. The molecule has 1 aliphatic heterocycles. The van der Waals surface area contributed by atoms with E-state index in [-0.39, 0.29) is 30.6 Å². The second-order valence-electron chi connectivity index (χ2n) is 6.69. The van der Waals surface area contributed by atoms with Crippen molar-refractivity contribution in [2.24, 2.45) is 0 Å². The molecule has 2 aliphatic rings. The van der Waals surface area contributed by atoms with Gasteiger partial charge in [-0.25, -0.2) is 0 Å². The third kappa shape index (κ3) is 3.76. The van der Waals surface area contributed by atoms with Gasteiger partial charge in [0.05, 0.1) is 12.6 Å². The van der Waals surface area contributed by atoms with Crippen molar-refractivity contribution >= 4 is 11.9 Å². The average Bonchev–Trinajstić information content (AvgIpc) is 2.55. The van der Waals surface area contributed by atoms with E-state index in [0.717, 1.165) is 32.4 Å². The quantitative estimate of drug-likeness (QED) is 0.717. The molecule has 6 heteroatoms. The van der Waals surface area contributed by atoms with Gasteiger partial charge in [-0.15, -0.1) is 0 Å². The zero-order valence-electron chi connectivity index (χ0n) is 14.0. The van der Waals surface area contributed by atoms with Gasteiger partial charge < -0.3 is 15.7 Å². The number of benzene rings is 1. The molecule has 0 spiro atoms. The molecule has 6 nitrogen and oxygen atoms in total. The lowest BCUT2D eigenvalue weighted by atomic mass is 9.85. The maximum absolute atomic E-state index is 12.5. The molecule has 0 bridgehead atoms. The number of rotatable bonds is 6. The number of carbonyl (C=O) groups excluding carboxylic acids is 1. The van der Waals surface area contributed by atoms with Crippen molar-refractivity contribution in [1.29, 1.82) is 0 Å². The van der Waals surface area contributed by atoms with E-state index in [1.807, 2.05) is 24.0 Å². The molecular formula is C18H25N3O3. The SMILES string of the molecule is CCN(CC(=O)O)C1CC(NC(=O)C2Cc3ccccc3CN2)C1. The first-order valence-corrected chi connectivity index (χ1v) is 8.63. The van der Waals surface area contributed by atoms with Crippen molar-refractivity contribution in [2.45, 2.75) is 50.9 Å². The van der Waals surface area contributed by atoms with Gasteiger partial charge >= 0.3 is 5.97 Å².